The molecule has 0 saturated heterocycles. The van der Waals surface area contributed by atoms with Crippen LogP contribution in [0, 0.1) is 0 Å². The van der Waals surface area contributed by atoms with E-state index in [2.05, 4.69) is 13.0 Å². The van der Waals surface area contributed by atoms with Crippen LogP contribution >= 0.6 is 0 Å². The molecule has 0 amide bonds. The summed E-state index contributed by atoms with van der Waals surface area (Å²) in [6.45, 7) is 2.15. The Bertz CT molecular complexity index is 300. The number of rotatable bonds is 4. The van der Waals surface area contributed by atoms with Gasteiger partial charge in [0, 0.05) is 0 Å². The van der Waals surface area contributed by atoms with Crippen molar-refractivity contribution < 1.29 is 4.79 Å². The van der Waals surface area contributed by atoms with Crippen LogP contribution in [0.25, 0.3) is 6.08 Å². The first-order valence-corrected chi connectivity index (χ1v) is 4.58. The molecule has 1 heteroatoms. The van der Waals surface area contributed by atoms with Gasteiger partial charge in [0.15, 0.2) is 0 Å². The molecule has 0 saturated carbocycles. The van der Waals surface area contributed by atoms with E-state index >= 15 is 0 Å². The lowest BCUT2D eigenvalue weighted by Gasteiger charge is -2.02. The summed E-state index contributed by atoms with van der Waals surface area (Å²) in [5, 5.41) is 0. The first-order valence-electron chi connectivity index (χ1n) is 4.58. The van der Waals surface area contributed by atoms with Crippen LogP contribution < -0.4 is 0 Å². The second-order valence-electron chi connectivity index (χ2n) is 2.94. The normalized spacial score (nSPS) is 10.5. The summed E-state index contributed by atoms with van der Waals surface area (Å²) >= 11 is 0. The summed E-state index contributed by atoms with van der Waals surface area (Å²) in [6.07, 6.45) is 6.40. The summed E-state index contributed by atoms with van der Waals surface area (Å²) < 4.78 is 0. The molecule has 0 bridgehead atoms. The fourth-order valence-corrected chi connectivity index (χ4v) is 1.34. The smallest absolute Gasteiger partial charge is 0.142 e. The molecular weight excluding hydrogens is 160 g/mol. The highest BCUT2D eigenvalue weighted by Gasteiger charge is 1.95. The number of hydrogen-bond acceptors (Lipinski definition) is 1. The topological polar surface area (TPSA) is 17.1 Å². The van der Waals surface area contributed by atoms with Crippen molar-refractivity contribution in [1.29, 1.82) is 0 Å². The highest BCUT2D eigenvalue weighted by molar-refractivity contribution is 5.74. The maximum Gasteiger partial charge on any atom is 0.142 e. The van der Waals surface area contributed by atoms with Crippen molar-refractivity contribution in [3.63, 3.8) is 0 Å². The van der Waals surface area contributed by atoms with Crippen molar-refractivity contribution in [2.75, 3.05) is 0 Å². The summed E-state index contributed by atoms with van der Waals surface area (Å²) in [5.74, 6) is 0. The van der Waals surface area contributed by atoms with Crippen LogP contribution in [0.4, 0.5) is 0 Å². The zero-order chi connectivity index (χ0) is 9.52. The molecule has 1 aromatic rings. The third-order valence-corrected chi connectivity index (χ3v) is 1.93. The van der Waals surface area contributed by atoms with E-state index in [1.54, 1.807) is 0 Å². The van der Waals surface area contributed by atoms with E-state index in [1.807, 2.05) is 24.3 Å². The Hall–Kier alpha value is -1.37. The van der Waals surface area contributed by atoms with Gasteiger partial charge in [0.1, 0.15) is 6.29 Å². The van der Waals surface area contributed by atoms with Crippen LogP contribution in [0.5, 0.6) is 0 Å². The van der Waals surface area contributed by atoms with Gasteiger partial charge in [0.25, 0.3) is 0 Å². The molecule has 0 aliphatic heterocycles. The lowest BCUT2D eigenvalue weighted by molar-refractivity contribution is -0.104. The Labute approximate surface area is 79.1 Å². The predicted octanol–water partition coefficient (Wildman–Crippen LogP) is 2.85. The van der Waals surface area contributed by atoms with Crippen LogP contribution in [-0.4, -0.2) is 6.29 Å². The predicted molar refractivity (Wildman–Crippen MR) is 55.5 cm³/mol. The number of aldehydes is 1. The zero-order valence-corrected chi connectivity index (χ0v) is 7.86. The van der Waals surface area contributed by atoms with E-state index in [9.17, 15) is 4.79 Å². The monoisotopic (exact) mass is 174 g/mol. The van der Waals surface area contributed by atoms with E-state index in [1.165, 1.54) is 11.6 Å². The number of allylic oxidation sites excluding steroid dienone is 1. The average molecular weight is 174 g/mol. The van der Waals surface area contributed by atoms with Gasteiger partial charge in [-0.2, -0.15) is 0 Å². The molecule has 0 aliphatic carbocycles. The van der Waals surface area contributed by atoms with Crippen LogP contribution in [0.3, 0.4) is 0 Å². The van der Waals surface area contributed by atoms with Crippen molar-refractivity contribution in [3.05, 3.63) is 41.5 Å². The molecule has 0 atom stereocenters. The standard InChI is InChI=1S/C12H14O/c1-2-6-11-7-3-4-8-12(11)9-5-10-13/h3-5,7-10H,2,6H2,1H3. The van der Waals surface area contributed by atoms with Gasteiger partial charge < -0.3 is 0 Å². The number of carbonyl (C=O) groups is 1. The molecule has 0 N–H and O–H groups in total. The fourth-order valence-electron chi connectivity index (χ4n) is 1.34. The van der Waals surface area contributed by atoms with Gasteiger partial charge in [-0.3, -0.25) is 4.79 Å². The van der Waals surface area contributed by atoms with Crippen molar-refractivity contribution in [2.45, 2.75) is 19.8 Å². The van der Waals surface area contributed by atoms with E-state index in [4.69, 9.17) is 0 Å². The number of aryl methyl sites for hydroxylation is 1. The summed E-state index contributed by atoms with van der Waals surface area (Å²) in [5.41, 5.74) is 2.46. The lowest BCUT2D eigenvalue weighted by atomic mass is 10.0. The molecule has 0 fully saturated rings. The third-order valence-electron chi connectivity index (χ3n) is 1.93. The highest BCUT2D eigenvalue weighted by atomic mass is 16.1. The van der Waals surface area contributed by atoms with Crippen molar-refractivity contribution in [3.8, 4) is 0 Å². The second kappa shape index (κ2) is 5.31. The van der Waals surface area contributed by atoms with Crippen LogP contribution in [0.15, 0.2) is 30.3 Å². The molecule has 1 rings (SSSR count). The van der Waals surface area contributed by atoms with Crippen molar-refractivity contribution >= 4 is 12.4 Å². The SMILES string of the molecule is CCCc1ccccc1C=CC=O. The average Bonchev–Trinajstić information content (AvgIpc) is 2.17. The molecule has 1 aromatic carbocycles. The quantitative estimate of drug-likeness (QED) is 0.506. The largest absolute Gasteiger partial charge is 0.299 e. The number of hydrogen-bond donors (Lipinski definition) is 0. The second-order valence-corrected chi connectivity index (χ2v) is 2.94. The van der Waals surface area contributed by atoms with E-state index in [0.29, 0.717) is 0 Å². The third kappa shape index (κ3) is 2.86. The van der Waals surface area contributed by atoms with Crippen LogP contribution in [-0.2, 0) is 11.2 Å². The lowest BCUT2D eigenvalue weighted by Crippen LogP contribution is -1.87. The molecule has 0 aliphatic rings. The van der Waals surface area contributed by atoms with Gasteiger partial charge in [0.05, 0.1) is 0 Å². The molecule has 1 nitrogen and oxygen atoms in total. The molecule has 0 radical (unpaired) electrons. The minimum atomic E-state index is 0.808. The van der Waals surface area contributed by atoms with Crippen molar-refractivity contribution in [1.82, 2.24) is 0 Å². The highest BCUT2D eigenvalue weighted by Crippen LogP contribution is 2.12. The Kier molecular flexibility index (Phi) is 3.97. The number of benzene rings is 1. The van der Waals surface area contributed by atoms with Gasteiger partial charge in [-0.25, -0.2) is 0 Å². The Morgan fingerprint density at radius 3 is 2.77 bits per heavy atom. The Morgan fingerprint density at radius 2 is 2.08 bits per heavy atom. The van der Waals surface area contributed by atoms with Gasteiger partial charge in [-0.15, -0.1) is 0 Å². The Morgan fingerprint density at radius 1 is 1.31 bits per heavy atom. The first kappa shape index (κ1) is 9.72. The van der Waals surface area contributed by atoms with Gasteiger partial charge in [-0.1, -0.05) is 43.7 Å². The maximum atomic E-state index is 10.2. The molecule has 0 spiro atoms. The van der Waals surface area contributed by atoms with Crippen LogP contribution in [0.1, 0.15) is 24.5 Å². The van der Waals surface area contributed by atoms with E-state index in [-0.39, 0.29) is 0 Å². The van der Waals surface area contributed by atoms with Gasteiger partial charge in [-0.05, 0) is 23.6 Å². The maximum absolute atomic E-state index is 10.2. The minimum absolute atomic E-state index is 0.808. The fraction of sp³-hybridized carbons (Fsp3) is 0.250. The molecular formula is C12H14O. The van der Waals surface area contributed by atoms with E-state index in [0.717, 1.165) is 24.7 Å². The van der Waals surface area contributed by atoms with Crippen LogP contribution in [0.2, 0.25) is 0 Å². The van der Waals surface area contributed by atoms with Gasteiger partial charge in [0.2, 0.25) is 0 Å². The Balaban J connectivity index is 2.90. The minimum Gasteiger partial charge on any atom is -0.299 e. The zero-order valence-electron chi connectivity index (χ0n) is 7.86. The number of carbonyl (C=O) groups excluding carboxylic acids is 1. The van der Waals surface area contributed by atoms with Gasteiger partial charge >= 0.3 is 0 Å². The molecule has 0 aromatic heterocycles. The summed E-state index contributed by atoms with van der Waals surface area (Å²) in [7, 11) is 0. The van der Waals surface area contributed by atoms with Crippen molar-refractivity contribution in [2.24, 2.45) is 0 Å². The molecule has 0 heterocycles. The molecule has 68 valence electrons. The summed E-state index contributed by atoms with van der Waals surface area (Å²) in [4.78, 5) is 10.2. The first-order chi connectivity index (χ1) is 6.38. The summed E-state index contributed by atoms with van der Waals surface area (Å²) in [6, 6.07) is 8.16. The molecule has 13 heavy (non-hydrogen) atoms. The molecule has 0 unspecified atom stereocenters. The van der Waals surface area contributed by atoms with E-state index < -0.39 is 0 Å².